The van der Waals surface area contributed by atoms with Gasteiger partial charge in [-0.1, -0.05) is 6.07 Å². The summed E-state index contributed by atoms with van der Waals surface area (Å²) in [5.41, 5.74) is 14.0. The van der Waals surface area contributed by atoms with Crippen molar-refractivity contribution in [1.82, 2.24) is 10.2 Å². The second-order valence-electron chi connectivity index (χ2n) is 4.16. The lowest BCUT2D eigenvalue weighted by molar-refractivity contribution is 0.241. The number of nitrogen functional groups attached to an aromatic ring is 2. The average molecular weight is 206 g/mol. The molecule has 5 N–H and O–H groups in total. The maximum atomic E-state index is 5.80. The van der Waals surface area contributed by atoms with E-state index in [4.69, 9.17) is 11.5 Å². The molecule has 1 heterocycles. The van der Waals surface area contributed by atoms with Gasteiger partial charge in [0.25, 0.3) is 0 Å². The van der Waals surface area contributed by atoms with Crippen molar-refractivity contribution < 1.29 is 0 Å². The second kappa shape index (κ2) is 4.08. The maximum absolute atomic E-state index is 5.80. The van der Waals surface area contributed by atoms with E-state index in [0.717, 1.165) is 19.6 Å². The SMILES string of the molecule is CN1CCNC(c2ccc(N)c(N)c2)C1. The van der Waals surface area contributed by atoms with Gasteiger partial charge in [-0.05, 0) is 24.7 Å². The third kappa shape index (κ3) is 2.22. The third-order valence-electron chi connectivity index (χ3n) is 2.89. The summed E-state index contributed by atoms with van der Waals surface area (Å²) in [6.07, 6.45) is 0. The molecular formula is C11H18N4. The van der Waals surface area contributed by atoms with Crippen LogP contribution in [0.3, 0.4) is 0 Å². The molecule has 1 aliphatic rings. The third-order valence-corrected chi connectivity index (χ3v) is 2.89. The summed E-state index contributed by atoms with van der Waals surface area (Å²) in [7, 11) is 2.13. The van der Waals surface area contributed by atoms with Crippen LogP contribution in [0.2, 0.25) is 0 Å². The molecule has 1 aliphatic heterocycles. The number of likely N-dealkylation sites (N-methyl/N-ethyl adjacent to an activating group) is 1. The van der Waals surface area contributed by atoms with Gasteiger partial charge in [0.2, 0.25) is 0 Å². The van der Waals surface area contributed by atoms with Crippen LogP contribution in [0.1, 0.15) is 11.6 Å². The molecule has 1 saturated heterocycles. The molecule has 1 unspecified atom stereocenters. The zero-order chi connectivity index (χ0) is 10.8. The number of benzene rings is 1. The molecule has 1 atom stereocenters. The lowest BCUT2D eigenvalue weighted by atomic mass is 10.0. The lowest BCUT2D eigenvalue weighted by Gasteiger charge is -2.31. The highest BCUT2D eigenvalue weighted by Gasteiger charge is 2.18. The fraction of sp³-hybridized carbons (Fsp3) is 0.455. The molecule has 82 valence electrons. The first-order valence-electron chi connectivity index (χ1n) is 5.23. The summed E-state index contributed by atoms with van der Waals surface area (Å²) < 4.78 is 0. The van der Waals surface area contributed by atoms with E-state index in [1.54, 1.807) is 0 Å². The van der Waals surface area contributed by atoms with Crippen LogP contribution in [0.4, 0.5) is 11.4 Å². The standard InChI is InChI=1S/C11H18N4/c1-15-5-4-14-11(7-15)8-2-3-9(12)10(13)6-8/h2-3,6,11,14H,4-5,7,12-13H2,1H3. The molecule has 0 saturated carbocycles. The van der Waals surface area contributed by atoms with Gasteiger partial charge in [-0.25, -0.2) is 0 Å². The summed E-state index contributed by atoms with van der Waals surface area (Å²) in [5.74, 6) is 0. The Morgan fingerprint density at radius 1 is 1.33 bits per heavy atom. The van der Waals surface area contributed by atoms with Gasteiger partial charge < -0.3 is 21.7 Å². The van der Waals surface area contributed by atoms with Gasteiger partial charge in [-0.3, -0.25) is 0 Å². The molecule has 0 radical (unpaired) electrons. The number of nitrogens with one attached hydrogen (secondary N) is 1. The lowest BCUT2D eigenvalue weighted by Crippen LogP contribution is -2.43. The summed E-state index contributed by atoms with van der Waals surface area (Å²) >= 11 is 0. The Morgan fingerprint density at radius 3 is 2.80 bits per heavy atom. The van der Waals surface area contributed by atoms with Gasteiger partial charge in [0.1, 0.15) is 0 Å². The number of hydrogen-bond donors (Lipinski definition) is 3. The van der Waals surface area contributed by atoms with E-state index in [-0.39, 0.29) is 0 Å². The Labute approximate surface area is 90.2 Å². The molecular weight excluding hydrogens is 188 g/mol. The topological polar surface area (TPSA) is 67.3 Å². The number of nitrogens with zero attached hydrogens (tertiary/aromatic N) is 1. The van der Waals surface area contributed by atoms with Gasteiger partial charge in [0.05, 0.1) is 11.4 Å². The molecule has 0 aromatic heterocycles. The first-order valence-corrected chi connectivity index (χ1v) is 5.23. The van der Waals surface area contributed by atoms with Crippen molar-refractivity contribution in [3.05, 3.63) is 23.8 Å². The quantitative estimate of drug-likeness (QED) is 0.583. The normalized spacial score (nSPS) is 22.9. The molecule has 0 spiro atoms. The minimum Gasteiger partial charge on any atom is -0.397 e. The van der Waals surface area contributed by atoms with Gasteiger partial charge >= 0.3 is 0 Å². The molecule has 1 aromatic carbocycles. The van der Waals surface area contributed by atoms with Crippen molar-refractivity contribution in [2.75, 3.05) is 38.1 Å². The molecule has 2 rings (SSSR count). The van der Waals surface area contributed by atoms with Crippen molar-refractivity contribution in [3.63, 3.8) is 0 Å². The van der Waals surface area contributed by atoms with E-state index in [0.29, 0.717) is 17.4 Å². The van der Waals surface area contributed by atoms with Gasteiger partial charge in [-0.2, -0.15) is 0 Å². The predicted octanol–water partition coefficient (Wildman–Crippen LogP) is 0.427. The van der Waals surface area contributed by atoms with Crippen molar-refractivity contribution >= 4 is 11.4 Å². The smallest absolute Gasteiger partial charge is 0.0551 e. The maximum Gasteiger partial charge on any atom is 0.0551 e. The highest BCUT2D eigenvalue weighted by atomic mass is 15.2. The molecule has 4 nitrogen and oxygen atoms in total. The second-order valence-corrected chi connectivity index (χ2v) is 4.16. The number of hydrogen-bond acceptors (Lipinski definition) is 4. The molecule has 0 aliphatic carbocycles. The van der Waals surface area contributed by atoms with Crippen molar-refractivity contribution in [2.24, 2.45) is 0 Å². The van der Waals surface area contributed by atoms with Gasteiger partial charge in [0.15, 0.2) is 0 Å². The highest BCUT2D eigenvalue weighted by molar-refractivity contribution is 5.64. The zero-order valence-electron chi connectivity index (χ0n) is 9.03. The zero-order valence-corrected chi connectivity index (χ0v) is 9.03. The van der Waals surface area contributed by atoms with Crippen LogP contribution in [-0.4, -0.2) is 31.6 Å². The van der Waals surface area contributed by atoms with Crippen LogP contribution in [0.5, 0.6) is 0 Å². The Bertz CT molecular complexity index is 350. The first-order chi connectivity index (χ1) is 7.16. The first kappa shape index (κ1) is 10.3. The van der Waals surface area contributed by atoms with Crippen molar-refractivity contribution in [3.8, 4) is 0 Å². The van der Waals surface area contributed by atoms with Gasteiger partial charge in [0, 0.05) is 25.7 Å². The van der Waals surface area contributed by atoms with Crippen molar-refractivity contribution in [2.45, 2.75) is 6.04 Å². The minimum atomic E-state index is 0.367. The number of piperazine rings is 1. The Hall–Kier alpha value is -1.26. The molecule has 4 heteroatoms. The Kier molecular flexibility index (Phi) is 2.79. The minimum absolute atomic E-state index is 0.367. The predicted molar refractivity (Wildman–Crippen MR) is 63.5 cm³/mol. The van der Waals surface area contributed by atoms with Crippen LogP contribution in [0.25, 0.3) is 0 Å². The average Bonchev–Trinajstić information content (AvgIpc) is 2.22. The monoisotopic (exact) mass is 206 g/mol. The fourth-order valence-corrected chi connectivity index (χ4v) is 1.93. The van der Waals surface area contributed by atoms with E-state index >= 15 is 0 Å². The summed E-state index contributed by atoms with van der Waals surface area (Å²) in [4.78, 5) is 2.31. The van der Waals surface area contributed by atoms with E-state index in [2.05, 4.69) is 17.3 Å². The molecule has 0 bridgehead atoms. The summed E-state index contributed by atoms with van der Waals surface area (Å²) in [6.45, 7) is 3.13. The van der Waals surface area contributed by atoms with Crippen LogP contribution in [-0.2, 0) is 0 Å². The van der Waals surface area contributed by atoms with E-state index < -0.39 is 0 Å². The van der Waals surface area contributed by atoms with E-state index in [1.165, 1.54) is 5.56 Å². The highest BCUT2D eigenvalue weighted by Crippen LogP contribution is 2.22. The van der Waals surface area contributed by atoms with E-state index in [9.17, 15) is 0 Å². The Morgan fingerprint density at radius 2 is 2.13 bits per heavy atom. The van der Waals surface area contributed by atoms with Crippen LogP contribution >= 0.6 is 0 Å². The molecule has 0 amide bonds. The van der Waals surface area contributed by atoms with Crippen LogP contribution in [0.15, 0.2) is 18.2 Å². The summed E-state index contributed by atoms with van der Waals surface area (Å²) in [5, 5.41) is 3.47. The van der Waals surface area contributed by atoms with Crippen LogP contribution in [0, 0.1) is 0 Å². The Balaban J connectivity index is 2.18. The van der Waals surface area contributed by atoms with Gasteiger partial charge in [-0.15, -0.1) is 0 Å². The number of anilines is 2. The molecule has 15 heavy (non-hydrogen) atoms. The fourth-order valence-electron chi connectivity index (χ4n) is 1.93. The number of nitrogens with two attached hydrogens (primary N) is 2. The van der Waals surface area contributed by atoms with Crippen molar-refractivity contribution in [1.29, 1.82) is 0 Å². The molecule has 1 aromatic rings. The molecule has 1 fully saturated rings. The summed E-state index contributed by atoms with van der Waals surface area (Å²) in [6, 6.07) is 6.25. The number of rotatable bonds is 1. The largest absolute Gasteiger partial charge is 0.397 e. The van der Waals surface area contributed by atoms with E-state index in [1.807, 2.05) is 18.2 Å². The van der Waals surface area contributed by atoms with Crippen LogP contribution < -0.4 is 16.8 Å².